The SMILES string of the molecule is Cc1cc(C)cc(O[C@@H](C)C(=O)NCCCN2CCN(C)CC2)c1. The maximum absolute atomic E-state index is 12.2. The predicted octanol–water partition coefficient (Wildman–Crippen LogP) is 1.82. The molecule has 1 saturated heterocycles. The zero-order valence-electron chi connectivity index (χ0n) is 15.5. The summed E-state index contributed by atoms with van der Waals surface area (Å²) in [6, 6.07) is 6.02. The van der Waals surface area contributed by atoms with Crippen LogP contribution in [0.3, 0.4) is 0 Å². The molecule has 0 aliphatic carbocycles. The molecule has 134 valence electrons. The first-order valence-electron chi connectivity index (χ1n) is 8.87. The third-order valence-corrected chi connectivity index (χ3v) is 4.42. The molecular formula is C19H31N3O2. The van der Waals surface area contributed by atoms with Crippen molar-refractivity contribution in [3.63, 3.8) is 0 Å². The number of ether oxygens (including phenoxy) is 1. The number of nitrogens with one attached hydrogen (secondary N) is 1. The van der Waals surface area contributed by atoms with E-state index in [0.29, 0.717) is 6.54 Å². The van der Waals surface area contributed by atoms with Gasteiger partial charge in [-0.2, -0.15) is 0 Å². The van der Waals surface area contributed by atoms with Crippen molar-refractivity contribution in [2.75, 3.05) is 46.3 Å². The van der Waals surface area contributed by atoms with E-state index in [2.05, 4.69) is 28.2 Å². The van der Waals surface area contributed by atoms with Gasteiger partial charge < -0.3 is 19.9 Å². The lowest BCUT2D eigenvalue weighted by atomic mass is 10.1. The molecule has 1 fully saturated rings. The summed E-state index contributed by atoms with van der Waals surface area (Å²) in [6.07, 6.45) is 0.501. The average Bonchev–Trinajstić information content (AvgIpc) is 2.52. The van der Waals surface area contributed by atoms with Crippen molar-refractivity contribution in [3.05, 3.63) is 29.3 Å². The first-order chi connectivity index (χ1) is 11.4. The van der Waals surface area contributed by atoms with E-state index in [1.165, 1.54) is 0 Å². The zero-order valence-corrected chi connectivity index (χ0v) is 15.5. The van der Waals surface area contributed by atoms with E-state index in [9.17, 15) is 4.79 Å². The fraction of sp³-hybridized carbons (Fsp3) is 0.632. The maximum atomic E-state index is 12.2. The third kappa shape index (κ3) is 6.13. The Morgan fingerprint density at radius 2 is 1.79 bits per heavy atom. The van der Waals surface area contributed by atoms with Gasteiger partial charge >= 0.3 is 0 Å². The quantitative estimate of drug-likeness (QED) is 0.773. The number of hydrogen-bond donors (Lipinski definition) is 1. The summed E-state index contributed by atoms with van der Waals surface area (Å²) in [4.78, 5) is 17.0. The summed E-state index contributed by atoms with van der Waals surface area (Å²) in [5.74, 6) is 0.708. The van der Waals surface area contributed by atoms with Crippen molar-refractivity contribution < 1.29 is 9.53 Å². The highest BCUT2D eigenvalue weighted by molar-refractivity contribution is 5.80. The molecule has 5 heteroatoms. The van der Waals surface area contributed by atoms with Crippen molar-refractivity contribution in [2.45, 2.75) is 33.3 Å². The lowest BCUT2D eigenvalue weighted by molar-refractivity contribution is -0.127. The second kappa shape index (κ2) is 9.04. The zero-order chi connectivity index (χ0) is 17.5. The minimum atomic E-state index is -0.477. The molecule has 1 aromatic rings. The highest BCUT2D eigenvalue weighted by Gasteiger charge is 2.16. The number of aryl methyl sites for hydroxylation is 2. The van der Waals surface area contributed by atoms with Gasteiger partial charge in [-0.1, -0.05) is 6.07 Å². The molecule has 1 aliphatic rings. The van der Waals surface area contributed by atoms with Crippen LogP contribution < -0.4 is 10.1 Å². The fourth-order valence-electron chi connectivity index (χ4n) is 2.99. The Morgan fingerprint density at radius 1 is 1.17 bits per heavy atom. The summed E-state index contributed by atoms with van der Waals surface area (Å²) < 4.78 is 5.77. The van der Waals surface area contributed by atoms with E-state index in [0.717, 1.165) is 56.0 Å². The minimum Gasteiger partial charge on any atom is -0.481 e. The molecule has 24 heavy (non-hydrogen) atoms. The van der Waals surface area contributed by atoms with E-state index in [1.54, 1.807) is 6.92 Å². The Balaban J connectivity index is 1.66. The van der Waals surface area contributed by atoms with Gasteiger partial charge in [0.25, 0.3) is 5.91 Å². The van der Waals surface area contributed by atoms with Crippen molar-refractivity contribution in [3.8, 4) is 5.75 Å². The van der Waals surface area contributed by atoms with Crippen LogP contribution >= 0.6 is 0 Å². The number of likely N-dealkylation sites (N-methyl/N-ethyl adjacent to an activating group) is 1. The Kier molecular flexibility index (Phi) is 7.06. The van der Waals surface area contributed by atoms with Gasteiger partial charge in [0, 0.05) is 32.7 Å². The van der Waals surface area contributed by atoms with Gasteiger partial charge in [0.15, 0.2) is 6.10 Å². The molecule has 1 heterocycles. The van der Waals surface area contributed by atoms with E-state index < -0.39 is 6.10 Å². The summed E-state index contributed by atoms with van der Waals surface area (Å²) in [5.41, 5.74) is 2.29. The van der Waals surface area contributed by atoms with Gasteiger partial charge in [0.05, 0.1) is 0 Å². The van der Waals surface area contributed by atoms with Crippen LogP contribution in [0.4, 0.5) is 0 Å². The van der Waals surface area contributed by atoms with Crippen LogP contribution in [-0.4, -0.2) is 68.1 Å². The Bertz CT molecular complexity index is 519. The van der Waals surface area contributed by atoms with E-state index in [4.69, 9.17) is 4.74 Å². The first-order valence-corrected chi connectivity index (χ1v) is 8.87. The Labute approximate surface area is 146 Å². The van der Waals surface area contributed by atoms with Crippen molar-refractivity contribution in [2.24, 2.45) is 0 Å². The standard InChI is InChI=1S/C19H31N3O2/c1-15-12-16(2)14-18(13-15)24-17(3)19(23)20-6-5-7-22-10-8-21(4)9-11-22/h12-14,17H,5-11H2,1-4H3,(H,20,23)/t17-/m0/s1. The topological polar surface area (TPSA) is 44.8 Å². The minimum absolute atomic E-state index is 0.0486. The van der Waals surface area contributed by atoms with Crippen LogP contribution in [0.25, 0.3) is 0 Å². The monoisotopic (exact) mass is 333 g/mol. The van der Waals surface area contributed by atoms with Gasteiger partial charge in [-0.05, 0) is 64.0 Å². The van der Waals surface area contributed by atoms with Crippen LogP contribution in [0.1, 0.15) is 24.5 Å². The van der Waals surface area contributed by atoms with Gasteiger partial charge in [-0.15, -0.1) is 0 Å². The lowest BCUT2D eigenvalue weighted by Gasteiger charge is -2.32. The molecular weight excluding hydrogens is 302 g/mol. The Hall–Kier alpha value is -1.59. The number of carbonyl (C=O) groups excluding carboxylic acids is 1. The number of nitrogens with zero attached hydrogens (tertiary/aromatic N) is 2. The van der Waals surface area contributed by atoms with E-state index in [-0.39, 0.29) is 5.91 Å². The van der Waals surface area contributed by atoms with Gasteiger partial charge in [0.2, 0.25) is 0 Å². The van der Waals surface area contributed by atoms with Crippen LogP contribution in [0.15, 0.2) is 18.2 Å². The second-order valence-electron chi connectivity index (χ2n) is 6.87. The number of hydrogen-bond acceptors (Lipinski definition) is 4. The largest absolute Gasteiger partial charge is 0.481 e. The van der Waals surface area contributed by atoms with Crippen LogP contribution in [0.2, 0.25) is 0 Å². The number of benzene rings is 1. The smallest absolute Gasteiger partial charge is 0.260 e. The molecule has 0 unspecified atom stereocenters. The summed E-state index contributed by atoms with van der Waals surface area (Å²) in [6.45, 7) is 12.1. The van der Waals surface area contributed by atoms with Crippen LogP contribution in [0.5, 0.6) is 5.75 Å². The molecule has 1 aliphatic heterocycles. The molecule has 0 spiro atoms. The maximum Gasteiger partial charge on any atom is 0.260 e. The van der Waals surface area contributed by atoms with Crippen molar-refractivity contribution >= 4 is 5.91 Å². The van der Waals surface area contributed by atoms with Crippen LogP contribution in [0, 0.1) is 13.8 Å². The molecule has 1 aromatic carbocycles. The van der Waals surface area contributed by atoms with Gasteiger partial charge in [0.1, 0.15) is 5.75 Å². The normalized spacial score (nSPS) is 17.5. The summed E-state index contributed by atoms with van der Waals surface area (Å²) >= 11 is 0. The molecule has 2 rings (SSSR count). The first kappa shape index (κ1) is 18.7. The lowest BCUT2D eigenvalue weighted by Crippen LogP contribution is -2.45. The fourth-order valence-corrected chi connectivity index (χ4v) is 2.99. The third-order valence-electron chi connectivity index (χ3n) is 4.42. The van der Waals surface area contributed by atoms with E-state index >= 15 is 0 Å². The second-order valence-corrected chi connectivity index (χ2v) is 6.87. The highest BCUT2D eigenvalue weighted by atomic mass is 16.5. The molecule has 0 saturated carbocycles. The van der Waals surface area contributed by atoms with Crippen molar-refractivity contribution in [1.29, 1.82) is 0 Å². The molecule has 1 N–H and O–H groups in total. The molecule has 0 bridgehead atoms. The molecule has 1 amide bonds. The van der Waals surface area contributed by atoms with E-state index in [1.807, 2.05) is 26.0 Å². The summed E-state index contributed by atoms with van der Waals surface area (Å²) in [5, 5.41) is 2.98. The van der Waals surface area contributed by atoms with Gasteiger partial charge in [-0.25, -0.2) is 0 Å². The van der Waals surface area contributed by atoms with Crippen LogP contribution in [-0.2, 0) is 4.79 Å². The molecule has 0 radical (unpaired) electrons. The molecule has 0 aromatic heterocycles. The molecule has 5 nitrogen and oxygen atoms in total. The number of amides is 1. The number of carbonyl (C=O) groups is 1. The summed E-state index contributed by atoms with van der Waals surface area (Å²) in [7, 11) is 2.16. The van der Waals surface area contributed by atoms with Crippen molar-refractivity contribution in [1.82, 2.24) is 15.1 Å². The Morgan fingerprint density at radius 3 is 2.42 bits per heavy atom. The van der Waals surface area contributed by atoms with Gasteiger partial charge in [-0.3, -0.25) is 4.79 Å². The number of rotatable bonds is 7. The highest BCUT2D eigenvalue weighted by Crippen LogP contribution is 2.17. The average molecular weight is 333 g/mol. The number of piperazine rings is 1. The molecule has 1 atom stereocenters. The predicted molar refractivity (Wildman–Crippen MR) is 97.6 cm³/mol.